The van der Waals surface area contributed by atoms with Gasteiger partial charge < -0.3 is 19.9 Å². The Morgan fingerprint density at radius 1 is 1.28 bits per heavy atom. The van der Waals surface area contributed by atoms with Gasteiger partial charge in [-0.05, 0) is 24.6 Å². The number of aliphatic hydroxyl groups is 1. The van der Waals surface area contributed by atoms with Crippen molar-refractivity contribution in [3.8, 4) is 5.75 Å². The molecule has 5 heteroatoms. The fourth-order valence-electron chi connectivity index (χ4n) is 1.46. The molecule has 0 aliphatic rings. The fraction of sp³-hybridized carbons (Fsp3) is 0.538. The summed E-state index contributed by atoms with van der Waals surface area (Å²) < 4.78 is 10.6. The van der Waals surface area contributed by atoms with Crippen LogP contribution in [-0.2, 0) is 11.3 Å². The predicted octanol–water partition coefficient (Wildman–Crippen LogP) is 1.61. The molecule has 0 amide bonds. The van der Waals surface area contributed by atoms with E-state index in [1.165, 1.54) is 5.56 Å². The molecule has 104 valence electrons. The van der Waals surface area contributed by atoms with Crippen molar-refractivity contribution in [2.24, 2.45) is 0 Å². The molecule has 1 aromatic carbocycles. The summed E-state index contributed by atoms with van der Waals surface area (Å²) in [5.41, 5.74) is 1.19. The highest BCUT2D eigenvalue weighted by Crippen LogP contribution is 2.12. The Bertz CT molecular complexity index is 310. The monoisotopic (exact) mass is 275 g/mol. The third-order valence-electron chi connectivity index (χ3n) is 2.20. The molecule has 1 aromatic rings. The van der Waals surface area contributed by atoms with Gasteiger partial charge in [0.2, 0.25) is 0 Å². The van der Waals surface area contributed by atoms with Crippen LogP contribution in [0.25, 0.3) is 0 Å². The summed E-state index contributed by atoms with van der Waals surface area (Å²) in [6.45, 7) is 5.33. The number of rotatable bonds is 9. The fourth-order valence-corrected chi connectivity index (χ4v) is 1.46. The zero-order valence-corrected chi connectivity index (χ0v) is 11.5. The first-order chi connectivity index (χ1) is 8.36. The lowest BCUT2D eigenvalue weighted by atomic mass is 10.2. The minimum Gasteiger partial charge on any atom is -0.494 e. The molecule has 0 atom stereocenters. The summed E-state index contributed by atoms with van der Waals surface area (Å²) >= 11 is 0. The van der Waals surface area contributed by atoms with Gasteiger partial charge in [0.05, 0.1) is 26.4 Å². The topological polar surface area (TPSA) is 50.7 Å². The van der Waals surface area contributed by atoms with Crippen molar-refractivity contribution < 1.29 is 14.6 Å². The normalized spacial score (nSPS) is 9.89. The number of nitrogens with one attached hydrogen (secondary N) is 1. The third kappa shape index (κ3) is 7.50. The van der Waals surface area contributed by atoms with Crippen LogP contribution in [-0.4, -0.2) is 38.1 Å². The van der Waals surface area contributed by atoms with E-state index in [2.05, 4.69) is 11.4 Å². The highest BCUT2D eigenvalue weighted by Gasteiger charge is 1.96. The Balaban J connectivity index is 0.00000289. The van der Waals surface area contributed by atoms with E-state index in [9.17, 15) is 0 Å². The molecule has 0 fully saturated rings. The number of ether oxygens (including phenoxy) is 2. The zero-order valence-electron chi connectivity index (χ0n) is 10.7. The van der Waals surface area contributed by atoms with Gasteiger partial charge in [-0.15, -0.1) is 12.4 Å². The van der Waals surface area contributed by atoms with E-state index in [4.69, 9.17) is 14.6 Å². The summed E-state index contributed by atoms with van der Waals surface area (Å²) in [5.74, 6) is 0.906. The zero-order chi connectivity index (χ0) is 12.3. The minimum absolute atomic E-state index is 0. The van der Waals surface area contributed by atoms with E-state index in [0.717, 1.165) is 18.8 Å². The molecule has 0 aliphatic carbocycles. The van der Waals surface area contributed by atoms with Crippen molar-refractivity contribution in [3.05, 3.63) is 29.8 Å². The van der Waals surface area contributed by atoms with Crippen LogP contribution in [0.15, 0.2) is 24.3 Å². The molecule has 2 N–H and O–H groups in total. The Kier molecular flexibility index (Phi) is 10.8. The standard InChI is InChI=1S/C13H21NO3.ClH/c1-2-17-13-5-3-4-12(10-13)11-14-6-8-16-9-7-15;/h3-5,10,14-15H,2,6-9,11H2,1H3;1H. The molecule has 4 nitrogen and oxygen atoms in total. The van der Waals surface area contributed by atoms with E-state index >= 15 is 0 Å². The smallest absolute Gasteiger partial charge is 0.119 e. The van der Waals surface area contributed by atoms with Crippen molar-refractivity contribution >= 4 is 12.4 Å². The molecule has 0 heterocycles. The molecule has 0 saturated carbocycles. The quantitative estimate of drug-likeness (QED) is 0.672. The van der Waals surface area contributed by atoms with Gasteiger partial charge in [0, 0.05) is 13.1 Å². The maximum atomic E-state index is 8.52. The SMILES string of the molecule is CCOc1cccc(CNCCOCCO)c1.Cl. The van der Waals surface area contributed by atoms with E-state index in [-0.39, 0.29) is 19.0 Å². The highest BCUT2D eigenvalue weighted by atomic mass is 35.5. The van der Waals surface area contributed by atoms with Crippen LogP contribution in [0.1, 0.15) is 12.5 Å². The van der Waals surface area contributed by atoms with Crippen molar-refractivity contribution in [1.29, 1.82) is 0 Å². The first-order valence-electron chi connectivity index (χ1n) is 5.98. The Hall–Kier alpha value is -0.810. The summed E-state index contributed by atoms with van der Waals surface area (Å²) in [6.07, 6.45) is 0. The summed E-state index contributed by atoms with van der Waals surface area (Å²) in [6, 6.07) is 8.04. The van der Waals surface area contributed by atoms with Gasteiger partial charge in [-0.2, -0.15) is 0 Å². The lowest BCUT2D eigenvalue weighted by Gasteiger charge is -2.07. The van der Waals surface area contributed by atoms with Crippen molar-refractivity contribution in [2.45, 2.75) is 13.5 Å². The number of aliphatic hydroxyl groups excluding tert-OH is 1. The Labute approximate surface area is 115 Å². The van der Waals surface area contributed by atoms with Crippen LogP contribution in [0, 0.1) is 0 Å². The van der Waals surface area contributed by atoms with Crippen LogP contribution in [0.4, 0.5) is 0 Å². The maximum Gasteiger partial charge on any atom is 0.119 e. The summed E-state index contributed by atoms with van der Waals surface area (Å²) in [7, 11) is 0. The first kappa shape index (κ1) is 17.2. The molecule has 0 aliphatic heterocycles. The van der Waals surface area contributed by atoms with Gasteiger partial charge >= 0.3 is 0 Å². The van der Waals surface area contributed by atoms with Crippen LogP contribution in [0.5, 0.6) is 5.75 Å². The second kappa shape index (κ2) is 11.3. The van der Waals surface area contributed by atoms with Gasteiger partial charge in [0.1, 0.15) is 5.75 Å². The third-order valence-corrected chi connectivity index (χ3v) is 2.20. The highest BCUT2D eigenvalue weighted by molar-refractivity contribution is 5.85. The van der Waals surface area contributed by atoms with E-state index in [1.54, 1.807) is 0 Å². The van der Waals surface area contributed by atoms with Crippen molar-refractivity contribution in [3.63, 3.8) is 0 Å². The minimum atomic E-state index is 0. The van der Waals surface area contributed by atoms with E-state index in [0.29, 0.717) is 19.8 Å². The van der Waals surface area contributed by atoms with Gasteiger partial charge in [0.25, 0.3) is 0 Å². The van der Waals surface area contributed by atoms with Crippen molar-refractivity contribution in [2.75, 3.05) is 33.0 Å². The molecule has 0 spiro atoms. The Morgan fingerprint density at radius 3 is 2.83 bits per heavy atom. The van der Waals surface area contributed by atoms with E-state index < -0.39 is 0 Å². The van der Waals surface area contributed by atoms with Gasteiger partial charge in [0.15, 0.2) is 0 Å². The largest absolute Gasteiger partial charge is 0.494 e. The molecule has 18 heavy (non-hydrogen) atoms. The van der Waals surface area contributed by atoms with E-state index in [1.807, 2.05) is 25.1 Å². The molecular weight excluding hydrogens is 254 g/mol. The summed E-state index contributed by atoms with van der Waals surface area (Å²) in [5, 5.41) is 11.8. The van der Waals surface area contributed by atoms with Gasteiger partial charge in [-0.3, -0.25) is 0 Å². The number of benzene rings is 1. The van der Waals surface area contributed by atoms with Crippen LogP contribution in [0.2, 0.25) is 0 Å². The molecule has 0 bridgehead atoms. The van der Waals surface area contributed by atoms with Crippen molar-refractivity contribution in [1.82, 2.24) is 5.32 Å². The molecule has 0 aromatic heterocycles. The predicted molar refractivity (Wildman–Crippen MR) is 74.5 cm³/mol. The van der Waals surface area contributed by atoms with Crippen LogP contribution < -0.4 is 10.1 Å². The number of halogens is 1. The molecule has 0 saturated heterocycles. The van der Waals surface area contributed by atoms with Crippen LogP contribution >= 0.6 is 12.4 Å². The second-order valence-electron chi connectivity index (χ2n) is 3.59. The Morgan fingerprint density at radius 2 is 2.11 bits per heavy atom. The lowest BCUT2D eigenvalue weighted by molar-refractivity contribution is 0.0938. The molecular formula is C13H22ClNO3. The molecule has 1 rings (SSSR count). The molecule has 0 radical (unpaired) electrons. The number of hydrogen-bond acceptors (Lipinski definition) is 4. The first-order valence-corrected chi connectivity index (χ1v) is 5.98. The second-order valence-corrected chi connectivity index (χ2v) is 3.59. The summed E-state index contributed by atoms with van der Waals surface area (Å²) in [4.78, 5) is 0. The van der Waals surface area contributed by atoms with Crippen LogP contribution in [0.3, 0.4) is 0 Å². The molecule has 0 unspecified atom stereocenters. The number of hydrogen-bond donors (Lipinski definition) is 2. The lowest BCUT2D eigenvalue weighted by Crippen LogP contribution is -2.20. The van der Waals surface area contributed by atoms with Gasteiger partial charge in [-0.1, -0.05) is 12.1 Å². The average molecular weight is 276 g/mol. The maximum absolute atomic E-state index is 8.52. The average Bonchev–Trinajstić information content (AvgIpc) is 2.35. The van der Waals surface area contributed by atoms with Gasteiger partial charge in [-0.25, -0.2) is 0 Å².